The monoisotopic (exact) mass is 369 g/mol. The van der Waals surface area contributed by atoms with Crippen LogP contribution < -0.4 is 10.2 Å². The van der Waals surface area contributed by atoms with E-state index in [0.717, 1.165) is 22.9 Å². The Labute approximate surface area is 156 Å². The van der Waals surface area contributed by atoms with Crippen LogP contribution in [0.3, 0.4) is 0 Å². The van der Waals surface area contributed by atoms with E-state index in [4.69, 9.17) is 28.2 Å². The van der Waals surface area contributed by atoms with E-state index in [-0.39, 0.29) is 12.1 Å². The molecule has 1 aromatic carbocycles. The van der Waals surface area contributed by atoms with Gasteiger partial charge in [0.2, 0.25) is 0 Å². The van der Waals surface area contributed by atoms with Crippen molar-refractivity contribution >= 4 is 34.6 Å². The number of nitrogens with zero attached hydrogens (tertiary/aromatic N) is 2. The summed E-state index contributed by atoms with van der Waals surface area (Å²) in [5, 5.41) is 4.72. The molecule has 25 heavy (non-hydrogen) atoms. The number of benzene rings is 1. The van der Waals surface area contributed by atoms with E-state index in [9.17, 15) is 0 Å². The van der Waals surface area contributed by atoms with Crippen molar-refractivity contribution in [2.45, 2.75) is 19.0 Å². The summed E-state index contributed by atoms with van der Waals surface area (Å²) in [5.41, 5.74) is 1.87. The summed E-state index contributed by atoms with van der Waals surface area (Å²) < 4.78 is 5.95. The van der Waals surface area contributed by atoms with Crippen LogP contribution in [0.1, 0.15) is 29.3 Å². The molecule has 2 aromatic heterocycles. The van der Waals surface area contributed by atoms with Crippen LogP contribution in [0.5, 0.6) is 0 Å². The fourth-order valence-corrected chi connectivity index (χ4v) is 3.61. The van der Waals surface area contributed by atoms with Crippen LogP contribution in [0, 0.1) is 6.92 Å². The number of rotatable bonds is 3. The van der Waals surface area contributed by atoms with Crippen LogP contribution in [-0.4, -0.2) is 10.1 Å². The molecule has 4 nitrogen and oxygen atoms in total. The Hall–Kier alpha value is -2.37. The standard InChI is InChI=1S/C19H16ClN3OS/c1-12-5-10-16(24-12)18-17(15-4-2-3-11-21-15)22-19(25)23(18)14-8-6-13(20)7-9-14/h2-11,17-18H,1H3,(H,22,25)/t17-,18-/m0/s1. The number of pyridine rings is 1. The van der Waals surface area contributed by atoms with Gasteiger partial charge >= 0.3 is 0 Å². The molecule has 6 heteroatoms. The molecule has 0 unspecified atom stereocenters. The molecule has 3 heterocycles. The van der Waals surface area contributed by atoms with Gasteiger partial charge in [-0.3, -0.25) is 4.98 Å². The molecule has 0 bridgehead atoms. The number of nitrogens with one attached hydrogen (secondary N) is 1. The molecule has 0 aliphatic carbocycles. The average molecular weight is 370 g/mol. The molecule has 0 spiro atoms. The highest BCUT2D eigenvalue weighted by Crippen LogP contribution is 2.42. The maximum absolute atomic E-state index is 6.04. The molecular weight excluding hydrogens is 354 g/mol. The van der Waals surface area contributed by atoms with E-state index in [1.165, 1.54) is 0 Å². The third kappa shape index (κ3) is 3.01. The van der Waals surface area contributed by atoms with Gasteiger partial charge < -0.3 is 14.6 Å². The van der Waals surface area contributed by atoms with Gasteiger partial charge in [0, 0.05) is 16.9 Å². The van der Waals surface area contributed by atoms with E-state index in [1.807, 2.05) is 61.5 Å². The number of halogens is 1. The summed E-state index contributed by atoms with van der Waals surface area (Å²) >= 11 is 11.7. The topological polar surface area (TPSA) is 41.3 Å². The number of aryl methyl sites for hydroxylation is 1. The van der Waals surface area contributed by atoms with Crippen molar-refractivity contribution in [1.82, 2.24) is 10.3 Å². The molecule has 1 N–H and O–H groups in total. The summed E-state index contributed by atoms with van der Waals surface area (Å²) in [6.45, 7) is 1.94. The Morgan fingerprint density at radius 1 is 1.12 bits per heavy atom. The van der Waals surface area contributed by atoms with Crippen LogP contribution in [-0.2, 0) is 0 Å². The molecule has 1 saturated heterocycles. The predicted octanol–water partition coefficient (Wildman–Crippen LogP) is 4.81. The number of hydrogen-bond acceptors (Lipinski definition) is 3. The lowest BCUT2D eigenvalue weighted by Gasteiger charge is -2.26. The zero-order valence-electron chi connectivity index (χ0n) is 13.5. The van der Waals surface area contributed by atoms with Crippen molar-refractivity contribution in [2.75, 3.05) is 4.90 Å². The highest BCUT2D eigenvalue weighted by atomic mass is 35.5. The fraction of sp³-hybridized carbons (Fsp3) is 0.158. The Morgan fingerprint density at radius 2 is 1.92 bits per heavy atom. The van der Waals surface area contributed by atoms with Crippen LogP contribution in [0.25, 0.3) is 0 Å². The molecule has 0 radical (unpaired) electrons. The second kappa shape index (κ2) is 6.50. The summed E-state index contributed by atoms with van der Waals surface area (Å²) in [5.74, 6) is 1.71. The zero-order valence-corrected chi connectivity index (χ0v) is 15.1. The van der Waals surface area contributed by atoms with Gasteiger partial charge in [-0.05, 0) is 67.7 Å². The van der Waals surface area contributed by atoms with Crippen molar-refractivity contribution in [2.24, 2.45) is 0 Å². The first-order chi connectivity index (χ1) is 12.1. The summed E-state index contributed by atoms with van der Waals surface area (Å²) in [7, 11) is 0. The first-order valence-electron chi connectivity index (χ1n) is 7.96. The van der Waals surface area contributed by atoms with Gasteiger partial charge in [-0.25, -0.2) is 0 Å². The van der Waals surface area contributed by atoms with E-state index in [0.29, 0.717) is 10.1 Å². The van der Waals surface area contributed by atoms with Gasteiger partial charge in [0.05, 0.1) is 11.7 Å². The van der Waals surface area contributed by atoms with E-state index in [1.54, 1.807) is 6.20 Å². The third-order valence-corrected chi connectivity index (χ3v) is 4.82. The van der Waals surface area contributed by atoms with Crippen LogP contribution in [0.4, 0.5) is 5.69 Å². The number of furan rings is 1. The number of thiocarbonyl (C=S) groups is 1. The van der Waals surface area contributed by atoms with E-state index in [2.05, 4.69) is 15.2 Å². The smallest absolute Gasteiger partial charge is 0.174 e. The summed E-state index contributed by atoms with van der Waals surface area (Å²) in [6.07, 6.45) is 1.79. The third-order valence-electron chi connectivity index (χ3n) is 4.26. The van der Waals surface area contributed by atoms with Crippen LogP contribution >= 0.6 is 23.8 Å². The Balaban J connectivity index is 1.81. The first-order valence-corrected chi connectivity index (χ1v) is 8.74. The lowest BCUT2D eigenvalue weighted by molar-refractivity contribution is 0.418. The van der Waals surface area contributed by atoms with Gasteiger partial charge in [-0.2, -0.15) is 0 Å². The minimum absolute atomic E-state index is 0.102. The normalized spacial score (nSPS) is 19.9. The number of anilines is 1. The highest BCUT2D eigenvalue weighted by molar-refractivity contribution is 7.80. The SMILES string of the molecule is Cc1ccc([C@H]2[C@H](c3ccccn3)NC(=S)N2c2ccc(Cl)cc2)o1. The van der Waals surface area contributed by atoms with Gasteiger partial charge in [-0.1, -0.05) is 17.7 Å². The average Bonchev–Trinajstić information content (AvgIpc) is 3.20. The lowest BCUT2D eigenvalue weighted by Crippen LogP contribution is -2.29. The van der Waals surface area contributed by atoms with Crippen molar-refractivity contribution in [1.29, 1.82) is 0 Å². The van der Waals surface area contributed by atoms with Crippen molar-refractivity contribution in [3.8, 4) is 0 Å². The Morgan fingerprint density at radius 3 is 2.56 bits per heavy atom. The fourth-order valence-electron chi connectivity index (χ4n) is 3.14. The van der Waals surface area contributed by atoms with E-state index >= 15 is 0 Å². The second-order valence-corrected chi connectivity index (χ2v) is 6.74. The minimum atomic E-state index is -0.128. The summed E-state index contributed by atoms with van der Waals surface area (Å²) in [4.78, 5) is 6.57. The minimum Gasteiger partial charge on any atom is -0.464 e. The van der Waals surface area contributed by atoms with Gasteiger partial charge in [0.15, 0.2) is 5.11 Å². The van der Waals surface area contributed by atoms with Crippen molar-refractivity contribution in [3.63, 3.8) is 0 Å². The molecule has 1 fully saturated rings. The van der Waals surface area contributed by atoms with Crippen LogP contribution in [0.15, 0.2) is 65.2 Å². The molecule has 1 aliphatic heterocycles. The highest BCUT2D eigenvalue weighted by Gasteiger charge is 2.42. The predicted molar refractivity (Wildman–Crippen MR) is 103 cm³/mol. The maximum atomic E-state index is 6.04. The van der Waals surface area contributed by atoms with Crippen LogP contribution in [0.2, 0.25) is 5.02 Å². The molecule has 0 amide bonds. The largest absolute Gasteiger partial charge is 0.464 e. The Bertz CT molecular complexity index is 895. The van der Waals surface area contributed by atoms with Crippen molar-refractivity contribution in [3.05, 3.63) is 83.0 Å². The van der Waals surface area contributed by atoms with Gasteiger partial charge in [-0.15, -0.1) is 0 Å². The molecule has 0 saturated carbocycles. The number of hydrogen-bond donors (Lipinski definition) is 1. The molecular formula is C19H16ClN3OS. The van der Waals surface area contributed by atoms with Crippen molar-refractivity contribution < 1.29 is 4.42 Å². The zero-order chi connectivity index (χ0) is 17.4. The quantitative estimate of drug-likeness (QED) is 0.671. The molecule has 126 valence electrons. The molecule has 3 aromatic rings. The molecule has 1 aliphatic rings. The lowest BCUT2D eigenvalue weighted by atomic mass is 10.0. The number of aromatic nitrogens is 1. The Kier molecular flexibility index (Phi) is 4.19. The maximum Gasteiger partial charge on any atom is 0.174 e. The summed E-state index contributed by atoms with van der Waals surface area (Å²) in [6, 6.07) is 17.2. The second-order valence-electron chi connectivity index (χ2n) is 5.92. The van der Waals surface area contributed by atoms with E-state index < -0.39 is 0 Å². The first kappa shape index (κ1) is 16.1. The van der Waals surface area contributed by atoms with Gasteiger partial charge in [0.1, 0.15) is 17.6 Å². The molecule has 2 atom stereocenters. The molecule has 4 rings (SSSR count). The van der Waals surface area contributed by atoms with Gasteiger partial charge in [0.25, 0.3) is 0 Å².